The van der Waals surface area contributed by atoms with E-state index in [2.05, 4.69) is 16.9 Å². The highest BCUT2D eigenvalue weighted by Crippen LogP contribution is 2.34. The van der Waals surface area contributed by atoms with Crippen molar-refractivity contribution >= 4 is 27.5 Å². The van der Waals surface area contributed by atoms with Crippen LogP contribution in [0.3, 0.4) is 0 Å². The van der Waals surface area contributed by atoms with E-state index < -0.39 is 5.97 Å². The molecule has 0 radical (unpaired) electrons. The molecule has 0 atom stereocenters. The normalized spacial score (nSPS) is 10.8. The van der Waals surface area contributed by atoms with Gasteiger partial charge in [-0.1, -0.05) is 13.3 Å². The van der Waals surface area contributed by atoms with Gasteiger partial charge in [-0.2, -0.15) is 0 Å². The Hall–Kier alpha value is -1.69. The van der Waals surface area contributed by atoms with E-state index in [1.165, 1.54) is 6.33 Å². The molecule has 0 aliphatic carbocycles. The fraction of sp³-hybridized carbons (Fsp3) is 0.417. The van der Waals surface area contributed by atoms with Gasteiger partial charge in [0.25, 0.3) is 0 Å². The van der Waals surface area contributed by atoms with E-state index in [1.807, 2.05) is 0 Å². The van der Waals surface area contributed by atoms with E-state index in [1.54, 1.807) is 6.92 Å². The second kappa shape index (κ2) is 5.30. The minimum atomic E-state index is -0.935. The van der Waals surface area contributed by atoms with Gasteiger partial charge in [0, 0.05) is 0 Å². The van der Waals surface area contributed by atoms with Gasteiger partial charge < -0.3 is 9.84 Å². The maximum Gasteiger partial charge on any atom is 0.346 e. The fourth-order valence-electron chi connectivity index (χ4n) is 1.67. The van der Waals surface area contributed by atoms with Crippen LogP contribution in [0.25, 0.3) is 10.2 Å². The minimum absolute atomic E-state index is 0.297. The van der Waals surface area contributed by atoms with Gasteiger partial charge in [-0.3, -0.25) is 0 Å². The highest BCUT2D eigenvalue weighted by molar-refractivity contribution is 7.20. The average Bonchev–Trinajstić information content (AvgIpc) is 2.68. The highest BCUT2D eigenvalue weighted by atomic mass is 32.1. The van der Waals surface area contributed by atoms with Crippen molar-refractivity contribution in [2.45, 2.75) is 26.7 Å². The van der Waals surface area contributed by atoms with E-state index in [0.717, 1.165) is 29.6 Å². The molecule has 0 fully saturated rings. The van der Waals surface area contributed by atoms with Gasteiger partial charge >= 0.3 is 5.97 Å². The number of hydrogen-bond acceptors (Lipinski definition) is 5. The van der Waals surface area contributed by atoms with Crippen LogP contribution in [0.1, 0.15) is 35.0 Å². The lowest BCUT2D eigenvalue weighted by atomic mass is 10.2. The quantitative estimate of drug-likeness (QED) is 0.842. The Kier molecular flexibility index (Phi) is 3.76. The van der Waals surface area contributed by atoms with Gasteiger partial charge in [0.1, 0.15) is 16.0 Å². The summed E-state index contributed by atoms with van der Waals surface area (Å²) in [6, 6.07) is 0. The Labute approximate surface area is 108 Å². The molecule has 18 heavy (non-hydrogen) atoms. The SMILES string of the molecule is CCCCOc1ncnc2sc(C(=O)O)c(C)c12. The third kappa shape index (κ3) is 2.28. The second-order valence-electron chi connectivity index (χ2n) is 3.92. The Morgan fingerprint density at radius 1 is 1.50 bits per heavy atom. The van der Waals surface area contributed by atoms with E-state index in [4.69, 9.17) is 9.84 Å². The largest absolute Gasteiger partial charge is 0.477 e. The van der Waals surface area contributed by atoms with Crippen LogP contribution in [0.15, 0.2) is 6.33 Å². The molecule has 0 saturated carbocycles. The minimum Gasteiger partial charge on any atom is -0.477 e. The average molecular weight is 266 g/mol. The first-order valence-electron chi connectivity index (χ1n) is 5.75. The van der Waals surface area contributed by atoms with Crippen LogP contribution in [0.5, 0.6) is 5.88 Å². The number of ether oxygens (including phenoxy) is 1. The summed E-state index contributed by atoms with van der Waals surface area (Å²) in [5.74, 6) is -0.454. The summed E-state index contributed by atoms with van der Waals surface area (Å²) in [5, 5.41) is 9.81. The summed E-state index contributed by atoms with van der Waals surface area (Å²) >= 11 is 1.15. The molecule has 0 unspecified atom stereocenters. The van der Waals surface area contributed by atoms with Crippen LogP contribution in [0.4, 0.5) is 0 Å². The molecular formula is C12H14N2O3S. The molecule has 0 bridgehead atoms. The maximum absolute atomic E-state index is 11.1. The van der Waals surface area contributed by atoms with Crippen molar-refractivity contribution in [2.75, 3.05) is 6.61 Å². The predicted octanol–water partition coefficient (Wildman–Crippen LogP) is 2.88. The summed E-state index contributed by atoms with van der Waals surface area (Å²) in [4.78, 5) is 20.2. The number of carboxylic acids is 1. The van der Waals surface area contributed by atoms with Crippen LogP contribution in [-0.2, 0) is 0 Å². The van der Waals surface area contributed by atoms with Crippen molar-refractivity contribution in [3.05, 3.63) is 16.8 Å². The van der Waals surface area contributed by atoms with Crippen molar-refractivity contribution in [3.8, 4) is 5.88 Å². The zero-order valence-corrected chi connectivity index (χ0v) is 11.1. The topological polar surface area (TPSA) is 72.3 Å². The monoisotopic (exact) mass is 266 g/mol. The number of fused-ring (bicyclic) bond motifs is 1. The molecule has 2 rings (SSSR count). The van der Waals surface area contributed by atoms with Crippen LogP contribution in [0, 0.1) is 6.92 Å². The molecule has 2 heterocycles. The summed E-state index contributed by atoms with van der Waals surface area (Å²) in [7, 11) is 0. The molecule has 5 nitrogen and oxygen atoms in total. The molecule has 0 aromatic carbocycles. The smallest absolute Gasteiger partial charge is 0.346 e. The summed E-state index contributed by atoms with van der Waals surface area (Å²) < 4.78 is 5.60. The van der Waals surface area contributed by atoms with Crippen molar-refractivity contribution in [1.82, 2.24) is 9.97 Å². The molecule has 96 valence electrons. The first kappa shape index (κ1) is 12.8. The number of unbranched alkanes of at least 4 members (excludes halogenated alkanes) is 1. The summed E-state index contributed by atoms with van der Waals surface area (Å²) in [6.45, 7) is 4.43. The standard InChI is InChI=1S/C12H14N2O3S/c1-3-4-5-17-10-8-7(2)9(12(15)16)18-11(8)14-6-13-10/h6H,3-5H2,1-2H3,(H,15,16). The Morgan fingerprint density at radius 3 is 2.94 bits per heavy atom. The highest BCUT2D eigenvalue weighted by Gasteiger charge is 2.19. The molecule has 0 amide bonds. The van der Waals surface area contributed by atoms with Crippen LogP contribution in [0.2, 0.25) is 0 Å². The lowest BCUT2D eigenvalue weighted by Gasteiger charge is -2.05. The van der Waals surface area contributed by atoms with Gasteiger partial charge in [0.05, 0.1) is 12.0 Å². The molecule has 0 spiro atoms. The van der Waals surface area contributed by atoms with Crippen LogP contribution in [-0.4, -0.2) is 27.7 Å². The molecule has 0 aliphatic heterocycles. The first-order valence-corrected chi connectivity index (χ1v) is 6.57. The molecule has 0 saturated heterocycles. The van der Waals surface area contributed by atoms with E-state index in [-0.39, 0.29) is 0 Å². The molecule has 2 aromatic heterocycles. The van der Waals surface area contributed by atoms with Gasteiger partial charge in [-0.05, 0) is 18.9 Å². The number of carboxylic acid groups (broad SMARTS) is 1. The number of rotatable bonds is 5. The third-order valence-electron chi connectivity index (χ3n) is 2.62. The fourth-order valence-corrected chi connectivity index (χ4v) is 2.64. The summed E-state index contributed by atoms with van der Waals surface area (Å²) in [5.41, 5.74) is 0.676. The molecule has 6 heteroatoms. The van der Waals surface area contributed by atoms with Crippen molar-refractivity contribution < 1.29 is 14.6 Å². The number of nitrogens with zero attached hydrogens (tertiary/aromatic N) is 2. The molecular weight excluding hydrogens is 252 g/mol. The van der Waals surface area contributed by atoms with Gasteiger partial charge in [-0.25, -0.2) is 14.8 Å². The zero-order chi connectivity index (χ0) is 13.1. The zero-order valence-electron chi connectivity index (χ0n) is 10.3. The molecule has 0 aliphatic rings. The van der Waals surface area contributed by atoms with E-state index in [0.29, 0.717) is 27.8 Å². The van der Waals surface area contributed by atoms with Crippen LogP contribution >= 0.6 is 11.3 Å². The van der Waals surface area contributed by atoms with E-state index >= 15 is 0 Å². The lowest BCUT2D eigenvalue weighted by molar-refractivity contribution is 0.0701. The second-order valence-corrected chi connectivity index (χ2v) is 4.92. The predicted molar refractivity (Wildman–Crippen MR) is 69.5 cm³/mol. The van der Waals surface area contributed by atoms with E-state index in [9.17, 15) is 4.79 Å². The number of aromatic nitrogens is 2. The number of hydrogen-bond donors (Lipinski definition) is 1. The van der Waals surface area contributed by atoms with Gasteiger partial charge in [0.15, 0.2) is 0 Å². The number of thiophene rings is 1. The van der Waals surface area contributed by atoms with Gasteiger partial charge in [0.2, 0.25) is 5.88 Å². The lowest BCUT2D eigenvalue weighted by Crippen LogP contribution is -2.00. The van der Waals surface area contributed by atoms with Crippen molar-refractivity contribution in [1.29, 1.82) is 0 Å². The Balaban J connectivity index is 2.44. The van der Waals surface area contributed by atoms with Crippen molar-refractivity contribution in [3.63, 3.8) is 0 Å². The third-order valence-corrected chi connectivity index (χ3v) is 3.81. The van der Waals surface area contributed by atoms with Crippen molar-refractivity contribution in [2.24, 2.45) is 0 Å². The summed E-state index contributed by atoms with van der Waals surface area (Å²) in [6.07, 6.45) is 3.39. The first-order chi connectivity index (χ1) is 8.65. The molecule has 2 aromatic rings. The molecule has 1 N–H and O–H groups in total. The Morgan fingerprint density at radius 2 is 2.28 bits per heavy atom. The Bertz CT molecular complexity index is 580. The maximum atomic E-state index is 11.1. The number of aromatic carboxylic acids is 1. The number of carbonyl (C=O) groups is 1. The van der Waals surface area contributed by atoms with Crippen LogP contribution < -0.4 is 4.74 Å². The number of aryl methyl sites for hydroxylation is 1. The van der Waals surface area contributed by atoms with Gasteiger partial charge in [-0.15, -0.1) is 11.3 Å².